The van der Waals surface area contributed by atoms with Crippen molar-refractivity contribution in [2.24, 2.45) is 0 Å². The van der Waals surface area contributed by atoms with Crippen molar-refractivity contribution in [1.29, 1.82) is 0 Å². The number of imide groups is 1. The monoisotopic (exact) mass is 452 g/mol. The van der Waals surface area contributed by atoms with E-state index >= 15 is 0 Å². The maximum absolute atomic E-state index is 13.0. The zero-order valence-corrected chi connectivity index (χ0v) is 18.4. The van der Waals surface area contributed by atoms with Gasteiger partial charge in [0.15, 0.2) is 23.4 Å². The lowest BCUT2D eigenvalue weighted by atomic mass is 9.95. The number of fused-ring (bicyclic) bond motifs is 1. The molecule has 2 aliphatic rings. The van der Waals surface area contributed by atoms with Gasteiger partial charge in [0.2, 0.25) is 11.8 Å². The summed E-state index contributed by atoms with van der Waals surface area (Å²) in [6.45, 7) is -0.0217. The van der Waals surface area contributed by atoms with Gasteiger partial charge in [-0.1, -0.05) is 12.1 Å². The lowest BCUT2D eigenvalue weighted by Gasteiger charge is -2.26. The van der Waals surface area contributed by atoms with Crippen LogP contribution in [0.15, 0.2) is 36.4 Å². The Morgan fingerprint density at radius 2 is 1.67 bits per heavy atom. The number of ether oxygens (including phenoxy) is 3. The van der Waals surface area contributed by atoms with E-state index in [-0.39, 0.29) is 30.7 Å². The molecule has 0 aromatic heterocycles. The summed E-state index contributed by atoms with van der Waals surface area (Å²) in [6, 6.07) is 10.0. The third-order valence-electron chi connectivity index (χ3n) is 5.70. The van der Waals surface area contributed by atoms with Crippen molar-refractivity contribution in [2.75, 3.05) is 26.1 Å². The Hall–Kier alpha value is -3.72. The van der Waals surface area contributed by atoms with Crippen molar-refractivity contribution < 1.29 is 33.4 Å². The fourth-order valence-corrected chi connectivity index (χ4v) is 3.96. The molecule has 0 saturated carbocycles. The first-order chi connectivity index (χ1) is 15.9. The Balaban J connectivity index is 1.49. The normalized spacial score (nSPS) is 18.1. The highest BCUT2D eigenvalue weighted by atomic mass is 16.5. The molecule has 9 nitrogen and oxygen atoms in total. The lowest BCUT2D eigenvalue weighted by molar-refractivity contribution is -0.148. The van der Waals surface area contributed by atoms with E-state index in [1.165, 1.54) is 19.1 Å². The number of hydrogen-bond donors (Lipinski definition) is 1. The van der Waals surface area contributed by atoms with Crippen molar-refractivity contribution in [1.82, 2.24) is 4.90 Å². The zero-order chi connectivity index (χ0) is 23.5. The van der Waals surface area contributed by atoms with Crippen LogP contribution < -0.4 is 14.8 Å². The minimum absolute atomic E-state index is 0.168. The number of carbonyl (C=O) groups excluding carboxylic acids is 4. The van der Waals surface area contributed by atoms with E-state index in [0.717, 1.165) is 5.56 Å². The van der Waals surface area contributed by atoms with Gasteiger partial charge in [-0.15, -0.1) is 0 Å². The summed E-state index contributed by atoms with van der Waals surface area (Å²) < 4.78 is 16.1. The molecular weight excluding hydrogens is 428 g/mol. The molecule has 4 rings (SSSR count). The van der Waals surface area contributed by atoms with Crippen molar-refractivity contribution in [3.8, 4) is 11.5 Å². The van der Waals surface area contributed by atoms with Gasteiger partial charge in [-0.05, 0) is 36.2 Å². The summed E-state index contributed by atoms with van der Waals surface area (Å²) in [4.78, 5) is 50.5. The molecule has 9 heteroatoms. The molecule has 1 atom stereocenters. The van der Waals surface area contributed by atoms with Crippen LogP contribution in [0.3, 0.4) is 0 Å². The number of likely N-dealkylation sites (tertiary alicyclic amines) is 1. The minimum Gasteiger partial charge on any atom is -0.493 e. The molecule has 1 saturated heterocycles. The number of Topliss-reactive ketones (excluding diaryl/α,β-unsaturated/α-hetero) is 1. The number of carbonyl (C=O) groups is 4. The Morgan fingerprint density at radius 1 is 1.03 bits per heavy atom. The van der Waals surface area contributed by atoms with Gasteiger partial charge in [0.25, 0.3) is 5.91 Å². The highest BCUT2D eigenvalue weighted by Gasteiger charge is 2.33. The van der Waals surface area contributed by atoms with Crippen LogP contribution in [0.25, 0.3) is 0 Å². The molecule has 3 amide bonds. The molecule has 1 fully saturated rings. The molecule has 0 bridgehead atoms. The van der Waals surface area contributed by atoms with E-state index < -0.39 is 12.0 Å². The highest BCUT2D eigenvalue weighted by molar-refractivity contribution is 6.04. The van der Waals surface area contributed by atoms with Crippen LogP contribution in [-0.2, 0) is 25.7 Å². The number of hydrogen-bond acceptors (Lipinski definition) is 7. The average Bonchev–Trinajstić information content (AvgIpc) is 2.82. The largest absolute Gasteiger partial charge is 0.493 e. The summed E-state index contributed by atoms with van der Waals surface area (Å²) in [5.74, 6) is -0.242. The molecule has 172 valence electrons. The molecular formula is C24H24N2O7. The van der Waals surface area contributed by atoms with E-state index in [1.807, 2.05) is 0 Å². The summed E-state index contributed by atoms with van der Waals surface area (Å²) in [6.07, 6.45) is 0.348. The van der Waals surface area contributed by atoms with Gasteiger partial charge in [-0.25, -0.2) is 0 Å². The van der Waals surface area contributed by atoms with E-state index in [9.17, 15) is 19.2 Å². The Bertz CT molecular complexity index is 1090. The number of ketones is 1. The minimum atomic E-state index is -0.999. The van der Waals surface area contributed by atoms with E-state index in [0.29, 0.717) is 47.6 Å². The smallest absolute Gasteiger partial charge is 0.258 e. The standard InChI is InChI=1S/C24H24N2O7/c1-31-19-10-16-17(11-20(19)32-2)23(33-13-18(16)27)24(30)25-15-8-6-14(7-9-15)12-26-21(28)4-3-5-22(26)29/h6-11,23H,3-5,12-13H2,1-2H3,(H,25,30). The van der Waals surface area contributed by atoms with Crippen LogP contribution in [0.1, 0.15) is 46.9 Å². The van der Waals surface area contributed by atoms with Crippen LogP contribution in [0, 0.1) is 0 Å². The SMILES string of the molecule is COc1cc2c(cc1OC)C(C(=O)Nc1ccc(CN3C(=O)CCCC3=O)cc1)OCC2=O. The van der Waals surface area contributed by atoms with Gasteiger partial charge in [0, 0.05) is 29.7 Å². The van der Waals surface area contributed by atoms with Crippen molar-refractivity contribution in [3.05, 3.63) is 53.1 Å². The second-order valence-corrected chi connectivity index (χ2v) is 7.82. The Morgan fingerprint density at radius 3 is 2.30 bits per heavy atom. The summed E-state index contributed by atoms with van der Waals surface area (Å²) in [7, 11) is 2.94. The predicted molar refractivity (Wildman–Crippen MR) is 117 cm³/mol. The van der Waals surface area contributed by atoms with Gasteiger partial charge < -0.3 is 19.5 Å². The first-order valence-electron chi connectivity index (χ1n) is 10.5. The fourth-order valence-electron chi connectivity index (χ4n) is 3.96. The third kappa shape index (κ3) is 4.58. The van der Waals surface area contributed by atoms with E-state index in [2.05, 4.69) is 5.32 Å². The fraction of sp³-hybridized carbons (Fsp3) is 0.333. The number of amides is 3. The summed E-state index contributed by atoms with van der Waals surface area (Å²) in [5.41, 5.74) is 2.05. The summed E-state index contributed by atoms with van der Waals surface area (Å²) in [5, 5.41) is 2.79. The number of benzene rings is 2. The lowest BCUT2D eigenvalue weighted by Crippen LogP contribution is -2.39. The number of nitrogens with zero attached hydrogens (tertiary/aromatic N) is 1. The van der Waals surface area contributed by atoms with Gasteiger partial charge in [-0.2, -0.15) is 0 Å². The second-order valence-electron chi connectivity index (χ2n) is 7.82. The molecule has 0 aliphatic carbocycles. The van der Waals surface area contributed by atoms with Gasteiger partial charge in [-0.3, -0.25) is 24.1 Å². The van der Waals surface area contributed by atoms with Crippen LogP contribution in [0.5, 0.6) is 11.5 Å². The molecule has 0 spiro atoms. The van der Waals surface area contributed by atoms with Gasteiger partial charge >= 0.3 is 0 Å². The zero-order valence-electron chi connectivity index (χ0n) is 18.4. The molecule has 2 heterocycles. The molecule has 2 aromatic carbocycles. The van der Waals surface area contributed by atoms with Crippen LogP contribution in [0.4, 0.5) is 5.69 Å². The topological polar surface area (TPSA) is 111 Å². The Kier molecular flexibility index (Phi) is 6.41. The van der Waals surface area contributed by atoms with Crippen LogP contribution in [0.2, 0.25) is 0 Å². The number of piperidine rings is 1. The van der Waals surface area contributed by atoms with Crippen molar-refractivity contribution in [3.63, 3.8) is 0 Å². The molecule has 1 N–H and O–H groups in total. The van der Waals surface area contributed by atoms with Crippen molar-refractivity contribution in [2.45, 2.75) is 31.9 Å². The third-order valence-corrected chi connectivity index (χ3v) is 5.70. The molecule has 1 unspecified atom stereocenters. The van der Waals surface area contributed by atoms with Crippen molar-refractivity contribution >= 4 is 29.2 Å². The predicted octanol–water partition coefficient (Wildman–Crippen LogP) is 2.64. The van der Waals surface area contributed by atoms with Gasteiger partial charge in [0.05, 0.1) is 20.8 Å². The van der Waals surface area contributed by atoms with Crippen LogP contribution in [-0.4, -0.2) is 49.2 Å². The molecule has 0 radical (unpaired) electrons. The molecule has 33 heavy (non-hydrogen) atoms. The average molecular weight is 452 g/mol. The number of rotatable bonds is 6. The Labute approximate surface area is 190 Å². The summed E-state index contributed by atoms with van der Waals surface area (Å²) >= 11 is 0. The number of anilines is 1. The number of methoxy groups -OCH3 is 2. The molecule has 2 aliphatic heterocycles. The maximum Gasteiger partial charge on any atom is 0.258 e. The van der Waals surface area contributed by atoms with Crippen LogP contribution >= 0.6 is 0 Å². The van der Waals surface area contributed by atoms with E-state index in [1.54, 1.807) is 36.4 Å². The molecule has 2 aromatic rings. The van der Waals surface area contributed by atoms with E-state index in [4.69, 9.17) is 14.2 Å². The highest BCUT2D eigenvalue weighted by Crippen LogP contribution is 2.37. The quantitative estimate of drug-likeness (QED) is 0.671. The first kappa shape index (κ1) is 22.5. The van der Waals surface area contributed by atoms with Gasteiger partial charge in [0.1, 0.15) is 6.61 Å². The maximum atomic E-state index is 13.0. The second kappa shape index (κ2) is 9.41. The number of nitrogens with one attached hydrogen (secondary N) is 1. The first-order valence-corrected chi connectivity index (χ1v) is 10.5.